The Kier molecular flexibility index (Phi) is 5.57. The Bertz CT molecular complexity index is 781. The van der Waals surface area contributed by atoms with Crippen molar-refractivity contribution in [1.82, 2.24) is 19.8 Å². The van der Waals surface area contributed by atoms with Crippen LogP contribution in [0.4, 0.5) is 23.1 Å². The molecule has 0 radical (unpaired) electrons. The fourth-order valence-electron chi connectivity index (χ4n) is 3.57. The van der Waals surface area contributed by atoms with Crippen LogP contribution < -0.4 is 15.1 Å². The lowest BCUT2D eigenvalue weighted by molar-refractivity contribution is -0.118. The van der Waals surface area contributed by atoms with Crippen molar-refractivity contribution >= 4 is 29.6 Å². The normalized spacial score (nSPS) is 18.2. The van der Waals surface area contributed by atoms with E-state index in [0.29, 0.717) is 19.0 Å². The summed E-state index contributed by atoms with van der Waals surface area (Å²) in [5.41, 5.74) is 2.27. The number of benzene rings is 1. The van der Waals surface area contributed by atoms with E-state index in [9.17, 15) is 4.79 Å². The molecule has 1 amide bonds. The number of nitrogens with one attached hydrogen (secondary N) is 1. The number of piperazine rings is 2. The van der Waals surface area contributed by atoms with E-state index >= 15 is 0 Å². The van der Waals surface area contributed by atoms with Gasteiger partial charge >= 0.3 is 0 Å². The predicted molar refractivity (Wildman–Crippen MR) is 111 cm³/mol. The molecule has 8 nitrogen and oxygen atoms in total. The molecule has 0 saturated carbocycles. The van der Waals surface area contributed by atoms with E-state index in [1.54, 1.807) is 11.1 Å². The topological polar surface area (TPSA) is 67.8 Å². The van der Waals surface area contributed by atoms with Crippen LogP contribution >= 0.6 is 0 Å². The molecule has 0 atom stereocenters. The zero-order valence-electron chi connectivity index (χ0n) is 16.3. The quantitative estimate of drug-likeness (QED) is 0.782. The Morgan fingerprint density at radius 2 is 1.57 bits per heavy atom. The van der Waals surface area contributed by atoms with Gasteiger partial charge in [0.05, 0.1) is 0 Å². The van der Waals surface area contributed by atoms with Crippen LogP contribution in [0.1, 0.15) is 0 Å². The molecule has 0 aliphatic carbocycles. The van der Waals surface area contributed by atoms with Crippen LogP contribution in [-0.2, 0) is 4.79 Å². The Balaban J connectivity index is 1.38. The van der Waals surface area contributed by atoms with Crippen molar-refractivity contribution in [2.24, 2.45) is 0 Å². The fraction of sp³-hybridized carbons (Fsp3) is 0.450. The van der Waals surface area contributed by atoms with Gasteiger partial charge in [-0.15, -0.1) is 0 Å². The van der Waals surface area contributed by atoms with E-state index in [-0.39, 0.29) is 0 Å². The third-order valence-corrected chi connectivity index (χ3v) is 5.40. The van der Waals surface area contributed by atoms with Crippen molar-refractivity contribution in [3.05, 3.63) is 36.5 Å². The highest BCUT2D eigenvalue weighted by Crippen LogP contribution is 2.22. The van der Waals surface area contributed by atoms with E-state index in [0.717, 1.165) is 57.2 Å². The molecule has 2 aliphatic rings. The molecule has 0 unspecified atom stereocenters. The summed E-state index contributed by atoms with van der Waals surface area (Å²) in [6, 6.07) is 10.4. The smallest absolute Gasteiger partial charge is 0.227 e. The lowest BCUT2D eigenvalue weighted by Gasteiger charge is -2.34. The number of amides is 1. The second kappa shape index (κ2) is 8.43. The number of carbonyl (C=O) groups excluding carboxylic acids is 1. The molecule has 0 bridgehead atoms. The summed E-state index contributed by atoms with van der Waals surface area (Å²) < 4.78 is 0. The molecule has 28 heavy (non-hydrogen) atoms. The van der Waals surface area contributed by atoms with E-state index in [1.807, 2.05) is 6.07 Å². The lowest BCUT2D eigenvalue weighted by Crippen LogP contribution is -2.46. The van der Waals surface area contributed by atoms with Crippen LogP contribution in [0.5, 0.6) is 0 Å². The van der Waals surface area contributed by atoms with Crippen molar-refractivity contribution in [3.63, 3.8) is 0 Å². The molecule has 1 N–H and O–H groups in total. The van der Waals surface area contributed by atoms with Crippen molar-refractivity contribution < 1.29 is 4.79 Å². The van der Waals surface area contributed by atoms with Crippen molar-refractivity contribution in [3.8, 4) is 0 Å². The maximum atomic E-state index is 10.9. The number of aromatic nitrogens is 2. The molecule has 2 saturated heterocycles. The average Bonchev–Trinajstić information content (AvgIpc) is 2.75. The first-order valence-electron chi connectivity index (χ1n) is 9.79. The number of nitrogens with zero attached hydrogens (tertiary/aromatic N) is 6. The van der Waals surface area contributed by atoms with Gasteiger partial charge in [0.2, 0.25) is 12.4 Å². The van der Waals surface area contributed by atoms with Crippen LogP contribution in [-0.4, -0.2) is 85.6 Å². The Hall–Kier alpha value is -2.87. The van der Waals surface area contributed by atoms with Crippen LogP contribution in [0.15, 0.2) is 36.5 Å². The zero-order chi connectivity index (χ0) is 19.3. The van der Waals surface area contributed by atoms with Gasteiger partial charge in [-0.25, -0.2) is 4.98 Å². The van der Waals surface area contributed by atoms with E-state index in [1.165, 1.54) is 5.69 Å². The van der Waals surface area contributed by atoms with E-state index in [2.05, 4.69) is 61.3 Å². The SMILES string of the molecule is CN1CCN(c2ccc(Nc3ccnc(N4CCN(C=O)CC4)n3)cc2)CC1. The summed E-state index contributed by atoms with van der Waals surface area (Å²) >= 11 is 0. The number of likely N-dealkylation sites (N-methyl/N-ethyl adjacent to an activating group) is 1. The van der Waals surface area contributed by atoms with Crippen molar-refractivity contribution in [2.45, 2.75) is 0 Å². The highest BCUT2D eigenvalue weighted by atomic mass is 16.1. The molecule has 2 aliphatic heterocycles. The second-order valence-electron chi connectivity index (χ2n) is 7.33. The van der Waals surface area contributed by atoms with Gasteiger partial charge in [-0.05, 0) is 37.4 Å². The maximum Gasteiger partial charge on any atom is 0.227 e. The molecule has 8 heteroatoms. The highest BCUT2D eigenvalue weighted by molar-refractivity contribution is 5.61. The second-order valence-corrected chi connectivity index (χ2v) is 7.33. The van der Waals surface area contributed by atoms with Crippen LogP contribution in [0.3, 0.4) is 0 Å². The first kappa shape index (κ1) is 18.5. The lowest BCUT2D eigenvalue weighted by atomic mass is 10.2. The predicted octanol–water partition coefficient (Wildman–Crippen LogP) is 1.25. The summed E-state index contributed by atoms with van der Waals surface area (Å²) in [5, 5.41) is 3.37. The third-order valence-electron chi connectivity index (χ3n) is 5.40. The molecule has 4 rings (SSSR count). The van der Waals surface area contributed by atoms with Gasteiger partial charge in [-0.2, -0.15) is 4.98 Å². The van der Waals surface area contributed by atoms with Gasteiger partial charge < -0.3 is 24.9 Å². The van der Waals surface area contributed by atoms with Crippen LogP contribution in [0.2, 0.25) is 0 Å². The third kappa shape index (κ3) is 4.33. The van der Waals surface area contributed by atoms with Gasteiger partial charge in [0.1, 0.15) is 5.82 Å². The van der Waals surface area contributed by atoms with Gasteiger partial charge in [0.25, 0.3) is 0 Å². The number of anilines is 4. The number of carbonyl (C=O) groups is 1. The Morgan fingerprint density at radius 3 is 2.25 bits per heavy atom. The monoisotopic (exact) mass is 381 g/mol. The van der Waals surface area contributed by atoms with Gasteiger partial charge in [-0.1, -0.05) is 0 Å². The first-order chi connectivity index (χ1) is 13.7. The first-order valence-corrected chi connectivity index (χ1v) is 9.79. The minimum atomic E-state index is 0.699. The summed E-state index contributed by atoms with van der Waals surface area (Å²) in [6.45, 7) is 7.25. The molecule has 3 heterocycles. The Morgan fingerprint density at radius 1 is 0.893 bits per heavy atom. The van der Waals surface area contributed by atoms with E-state index < -0.39 is 0 Å². The number of hydrogen-bond donors (Lipinski definition) is 1. The largest absolute Gasteiger partial charge is 0.369 e. The van der Waals surface area contributed by atoms with Crippen LogP contribution in [0.25, 0.3) is 0 Å². The van der Waals surface area contributed by atoms with Gasteiger partial charge in [-0.3, -0.25) is 4.79 Å². The molecular formula is C20H27N7O. The molecule has 2 fully saturated rings. The molecule has 1 aromatic heterocycles. The summed E-state index contributed by atoms with van der Waals surface area (Å²) in [4.78, 5) is 28.6. The van der Waals surface area contributed by atoms with Crippen molar-refractivity contribution in [2.75, 3.05) is 74.5 Å². The minimum Gasteiger partial charge on any atom is -0.369 e. The average molecular weight is 381 g/mol. The van der Waals surface area contributed by atoms with Gasteiger partial charge in [0, 0.05) is 69.9 Å². The number of hydrogen-bond acceptors (Lipinski definition) is 7. The maximum absolute atomic E-state index is 10.9. The highest BCUT2D eigenvalue weighted by Gasteiger charge is 2.18. The minimum absolute atomic E-state index is 0.699. The standard InChI is InChI=1S/C20H27N7O/c1-24-8-12-26(13-9-24)18-4-2-17(3-5-18)22-19-6-7-21-20(23-19)27-14-10-25(16-28)11-15-27/h2-7,16H,8-15H2,1H3,(H,21,22,23). The molecule has 2 aromatic rings. The summed E-state index contributed by atoms with van der Waals surface area (Å²) in [6.07, 6.45) is 2.68. The number of rotatable bonds is 5. The summed E-state index contributed by atoms with van der Waals surface area (Å²) in [5.74, 6) is 1.47. The van der Waals surface area contributed by atoms with Crippen LogP contribution in [0, 0.1) is 0 Å². The summed E-state index contributed by atoms with van der Waals surface area (Å²) in [7, 11) is 2.17. The van der Waals surface area contributed by atoms with E-state index in [4.69, 9.17) is 0 Å². The molecule has 0 spiro atoms. The zero-order valence-corrected chi connectivity index (χ0v) is 16.3. The fourth-order valence-corrected chi connectivity index (χ4v) is 3.57. The molecule has 148 valence electrons. The molecule has 1 aromatic carbocycles. The Labute approximate surface area is 165 Å². The molecular weight excluding hydrogens is 354 g/mol. The van der Waals surface area contributed by atoms with Gasteiger partial charge in [0.15, 0.2) is 0 Å². The van der Waals surface area contributed by atoms with Crippen molar-refractivity contribution in [1.29, 1.82) is 0 Å².